The van der Waals surface area contributed by atoms with Crippen LogP contribution in [0.3, 0.4) is 0 Å². The zero-order valence-corrected chi connectivity index (χ0v) is 13.7. The monoisotopic (exact) mass is 300 g/mol. The molecule has 0 aromatic carbocycles. The van der Waals surface area contributed by atoms with E-state index in [1.54, 1.807) is 0 Å². The summed E-state index contributed by atoms with van der Waals surface area (Å²) in [6.07, 6.45) is 10.4. The average Bonchev–Trinajstić information content (AvgIpc) is 2.99. The molecule has 0 bridgehead atoms. The zero-order valence-electron chi connectivity index (χ0n) is 13.7. The molecule has 1 aromatic heterocycles. The zero-order chi connectivity index (χ0) is 15.2. The Morgan fingerprint density at radius 2 is 2.09 bits per heavy atom. The maximum absolute atomic E-state index is 4.85. The van der Waals surface area contributed by atoms with Crippen molar-refractivity contribution in [3.8, 4) is 0 Å². The van der Waals surface area contributed by atoms with Crippen LogP contribution in [0.4, 0.5) is 0 Å². The van der Waals surface area contributed by atoms with Gasteiger partial charge >= 0.3 is 0 Å². The van der Waals surface area contributed by atoms with Crippen LogP contribution in [-0.4, -0.2) is 42.0 Å². The van der Waals surface area contributed by atoms with Crippen molar-refractivity contribution in [3.05, 3.63) is 30.1 Å². The highest BCUT2D eigenvalue weighted by Crippen LogP contribution is 2.35. The smallest absolute Gasteiger partial charge is 0.193 e. The van der Waals surface area contributed by atoms with E-state index < -0.39 is 0 Å². The van der Waals surface area contributed by atoms with Gasteiger partial charge in [0.1, 0.15) is 0 Å². The lowest BCUT2D eigenvalue weighted by molar-refractivity contribution is 0.299. The van der Waals surface area contributed by atoms with E-state index in [0.717, 1.165) is 37.3 Å². The van der Waals surface area contributed by atoms with Crippen molar-refractivity contribution >= 4 is 5.96 Å². The van der Waals surface area contributed by atoms with Crippen molar-refractivity contribution in [1.29, 1.82) is 0 Å². The second-order valence-electron chi connectivity index (χ2n) is 6.56. The van der Waals surface area contributed by atoms with Gasteiger partial charge in [-0.15, -0.1) is 0 Å². The summed E-state index contributed by atoms with van der Waals surface area (Å²) >= 11 is 0. The SMILES string of the molecule is CCNC(=NCCc1cccnc1)N1CC2CCCCC2C1. The first-order chi connectivity index (χ1) is 10.9. The third kappa shape index (κ3) is 3.79. The Kier molecular flexibility index (Phi) is 5.30. The molecule has 2 fully saturated rings. The Morgan fingerprint density at radius 1 is 1.32 bits per heavy atom. The fourth-order valence-electron chi connectivity index (χ4n) is 3.84. The average molecular weight is 300 g/mol. The summed E-state index contributed by atoms with van der Waals surface area (Å²) in [6, 6.07) is 4.12. The van der Waals surface area contributed by atoms with Crippen LogP contribution in [0.1, 0.15) is 38.2 Å². The minimum absolute atomic E-state index is 0.833. The van der Waals surface area contributed by atoms with E-state index in [4.69, 9.17) is 4.99 Å². The van der Waals surface area contributed by atoms with Crippen molar-refractivity contribution in [3.63, 3.8) is 0 Å². The van der Waals surface area contributed by atoms with Gasteiger partial charge in [0, 0.05) is 38.6 Å². The van der Waals surface area contributed by atoms with E-state index in [-0.39, 0.29) is 0 Å². The summed E-state index contributed by atoms with van der Waals surface area (Å²) in [5.74, 6) is 2.91. The number of rotatable bonds is 4. The molecule has 1 aromatic rings. The minimum Gasteiger partial charge on any atom is -0.357 e. The van der Waals surface area contributed by atoms with E-state index >= 15 is 0 Å². The van der Waals surface area contributed by atoms with E-state index in [9.17, 15) is 0 Å². The summed E-state index contributed by atoms with van der Waals surface area (Å²) in [5, 5.41) is 3.48. The van der Waals surface area contributed by atoms with Crippen LogP contribution < -0.4 is 5.32 Å². The molecule has 120 valence electrons. The van der Waals surface area contributed by atoms with E-state index in [1.165, 1.54) is 44.3 Å². The Morgan fingerprint density at radius 3 is 2.73 bits per heavy atom. The third-order valence-corrected chi connectivity index (χ3v) is 5.00. The molecule has 4 nitrogen and oxygen atoms in total. The van der Waals surface area contributed by atoms with Gasteiger partial charge in [0.05, 0.1) is 0 Å². The molecular formula is C18H28N4. The highest BCUT2D eigenvalue weighted by molar-refractivity contribution is 5.80. The van der Waals surface area contributed by atoms with Gasteiger partial charge in [0.15, 0.2) is 5.96 Å². The number of nitrogens with zero attached hydrogens (tertiary/aromatic N) is 3. The van der Waals surface area contributed by atoms with Gasteiger partial charge < -0.3 is 10.2 Å². The Labute approximate surface area is 134 Å². The quantitative estimate of drug-likeness (QED) is 0.686. The van der Waals surface area contributed by atoms with Crippen LogP contribution in [0.2, 0.25) is 0 Å². The predicted octanol–water partition coefficient (Wildman–Crippen LogP) is 2.71. The molecule has 1 aliphatic heterocycles. The number of nitrogens with one attached hydrogen (secondary N) is 1. The molecule has 1 saturated heterocycles. The largest absolute Gasteiger partial charge is 0.357 e. The van der Waals surface area contributed by atoms with Crippen LogP contribution in [0.25, 0.3) is 0 Å². The fraction of sp³-hybridized carbons (Fsp3) is 0.667. The first-order valence-corrected chi connectivity index (χ1v) is 8.79. The normalized spacial score (nSPS) is 25.1. The number of aromatic nitrogens is 1. The van der Waals surface area contributed by atoms with Crippen LogP contribution in [0.5, 0.6) is 0 Å². The number of hydrogen-bond donors (Lipinski definition) is 1. The lowest BCUT2D eigenvalue weighted by Crippen LogP contribution is -2.40. The van der Waals surface area contributed by atoms with Gasteiger partial charge in [-0.05, 0) is 49.7 Å². The minimum atomic E-state index is 0.833. The molecule has 1 saturated carbocycles. The molecule has 0 radical (unpaired) electrons. The van der Waals surface area contributed by atoms with Gasteiger partial charge in [0.25, 0.3) is 0 Å². The molecule has 2 heterocycles. The molecule has 0 amide bonds. The van der Waals surface area contributed by atoms with Gasteiger partial charge in [0.2, 0.25) is 0 Å². The Hall–Kier alpha value is -1.58. The van der Waals surface area contributed by atoms with E-state index in [0.29, 0.717) is 0 Å². The van der Waals surface area contributed by atoms with Crippen molar-refractivity contribution < 1.29 is 0 Å². The summed E-state index contributed by atoms with van der Waals surface area (Å²) < 4.78 is 0. The van der Waals surface area contributed by atoms with Crippen LogP contribution in [0.15, 0.2) is 29.5 Å². The van der Waals surface area contributed by atoms with Gasteiger partial charge in [-0.3, -0.25) is 9.98 Å². The van der Waals surface area contributed by atoms with Crippen molar-refractivity contribution in [2.75, 3.05) is 26.2 Å². The molecule has 3 rings (SSSR count). The third-order valence-electron chi connectivity index (χ3n) is 5.00. The summed E-state index contributed by atoms with van der Waals surface area (Å²) in [5.41, 5.74) is 1.26. The van der Waals surface area contributed by atoms with Crippen molar-refractivity contribution in [1.82, 2.24) is 15.2 Å². The summed E-state index contributed by atoms with van der Waals surface area (Å²) in [7, 11) is 0. The van der Waals surface area contributed by atoms with Crippen molar-refractivity contribution in [2.45, 2.75) is 39.0 Å². The van der Waals surface area contributed by atoms with E-state index in [2.05, 4.69) is 28.2 Å². The molecule has 4 heteroatoms. The van der Waals surface area contributed by atoms with Crippen LogP contribution >= 0.6 is 0 Å². The molecular weight excluding hydrogens is 272 g/mol. The van der Waals surface area contributed by atoms with Gasteiger partial charge in [-0.2, -0.15) is 0 Å². The Balaban J connectivity index is 1.58. The fourth-order valence-corrected chi connectivity index (χ4v) is 3.84. The number of aliphatic imine (C=N–C) groups is 1. The molecule has 2 unspecified atom stereocenters. The molecule has 1 aliphatic carbocycles. The number of guanidine groups is 1. The lowest BCUT2D eigenvalue weighted by Gasteiger charge is -2.22. The summed E-state index contributed by atoms with van der Waals surface area (Å²) in [4.78, 5) is 11.5. The first kappa shape index (κ1) is 15.3. The summed E-state index contributed by atoms with van der Waals surface area (Å²) in [6.45, 7) is 6.32. The van der Waals surface area contributed by atoms with E-state index in [1.807, 2.05) is 18.5 Å². The molecule has 22 heavy (non-hydrogen) atoms. The highest BCUT2D eigenvalue weighted by Gasteiger charge is 2.35. The standard InChI is InChI=1S/C18H28N4/c1-2-20-18(21-11-9-15-6-5-10-19-12-15)22-13-16-7-3-4-8-17(16)14-22/h5-6,10,12,16-17H,2-4,7-9,11,13-14H2,1H3,(H,20,21). The maximum atomic E-state index is 4.85. The van der Waals surface area contributed by atoms with Crippen molar-refractivity contribution in [2.24, 2.45) is 16.8 Å². The number of fused-ring (bicyclic) bond motifs is 1. The van der Waals surface area contributed by atoms with Gasteiger partial charge in [-0.1, -0.05) is 18.9 Å². The van der Waals surface area contributed by atoms with Gasteiger partial charge in [-0.25, -0.2) is 0 Å². The molecule has 1 N–H and O–H groups in total. The maximum Gasteiger partial charge on any atom is 0.193 e. The second-order valence-corrected chi connectivity index (χ2v) is 6.56. The molecule has 2 atom stereocenters. The number of likely N-dealkylation sites (tertiary alicyclic amines) is 1. The highest BCUT2D eigenvalue weighted by atomic mass is 15.3. The van der Waals surface area contributed by atoms with Crippen LogP contribution in [0, 0.1) is 11.8 Å². The van der Waals surface area contributed by atoms with Crippen LogP contribution in [-0.2, 0) is 6.42 Å². The predicted molar refractivity (Wildman–Crippen MR) is 90.9 cm³/mol. The molecule has 2 aliphatic rings. The number of pyridine rings is 1. The topological polar surface area (TPSA) is 40.5 Å². The Bertz CT molecular complexity index is 471. The lowest BCUT2D eigenvalue weighted by atomic mass is 9.82. The molecule has 0 spiro atoms. The first-order valence-electron chi connectivity index (χ1n) is 8.79. The number of hydrogen-bond acceptors (Lipinski definition) is 2. The second kappa shape index (κ2) is 7.61.